The first-order chi connectivity index (χ1) is 33.5. The van der Waals surface area contributed by atoms with E-state index in [0.717, 1.165) is 77.4 Å². The second kappa shape index (κ2) is 20.9. The Bertz CT molecular complexity index is 3140. The average molecular weight is 1030 g/mol. The van der Waals surface area contributed by atoms with Gasteiger partial charge in [0.15, 0.2) is 10.1 Å². The third-order valence-electron chi connectivity index (χ3n) is 12.3. The summed E-state index contributed by atoms with van der Waals surface area (Å²) in [5.74, 6) is -0.0980. The van der Waals surface area contributed by atoms with Crippen LogP contribution in [0.3, 0.4) is 0 Å². The minimum absolute atomic E-state index is 0.133. The maximum absolute atomic E-state index is 15.4. The van der Waals surface area contributed by atoms with Crippen molar-refractivity contribution in [2.45, 2.75) is 73.5 Å². The summed E-state index contributed by atoms with van der Waals surface area (Å²) < 4.78 is 79.4. The maximum Gasteiger partial charge on any atom is 0.280 e. The highest BCUT2D eigenvalue weighted by atomic mass is 35.5. The van der Waals surface area contributed by atoms with Crippen molar-refractivity contribution in [2.24, 2.45) is 5.14 Å². The number of amides is 2. The molecule has 4 aromatic heterocycles. The summed E-state index contributed by atoms with van der Waals surface area (Å²) in [4.78, 5) is 48.1. The van der Waals surface area contributed by atoms with Crippen LogP contribution in [0.15, 0.2) is 107 Å². The minimum Gasteiger partial charge on any atom is -0.497 e. The number of hydrazine groups is 1. The summed E-state index contributed by atoms with van der Waals surface area (Å²) >= 11 is 13.6. The lowest BCUT2D eigenvalue weighted by molar-refractivity contribution is 0.0922. The Morgan fingerprint density at radius 2 is 1.03 bits per heavy atom. The van der Waals surface area contributed by atoms with Gasteiger partial charge in [-0.05, 0) is 74.2 Å². The Balaban J connectivity index is 1.31. The number of carbonyl (C=O) groups excluding carboxylic acids is 2. The van der Waals surface area contributed by atoms with Crippen LogP contribution in [0.4, 0.5) is 11.4 Å². The number of primary sulfonamides is 1. The van der Waals surface area contributed by atoms with Gasteiger partial charge in [0.05, 0.1) is 50.9 Å². The molecule has 2 amide bonds. The second-order valence-electron chi connectivity index (χ2n) is 16.5. The van der Waals surface area contributed by atoms with E-state index in [1.165, 1.54) is 52.7 Å². The topological polar surface area (TPSA) is 227 Å². The number of methoxy groups -OCH3 is 4. The molecule has 4 heterocycles. The van der Waals surface area contributed by atoms with E-state index in [1.807, 2.05) is 0 Å². The molecule has 366 valence electrons. The van der Waals surface area contributed by atoms with Gasteiger partial charge in [-0.3, -0.25) is 9.59 Å². The molecule has 18 nitrogen and oxygen atoms in total. The van der Waals surface area contributed by atoms with Crippen molar-refractivity contribution in [3.8, 4) is 23.0 Å². The third-order valence-corrected chi connectivity index (χ3v) is 15.4. The van der Waals surface area contributed by atoms with Crippen molar-refractivity contribution in [2.75, 3.05) is 38.5 Å². The predicted molar refractivity (Wildman–Crippen MR) is 261 cm³/mol. The lowest BCUT2D eigenvalue weighted by Crippen LogP contribution is -2.51. The van der Waals surface area contributed by atoms with Gasteiger partial charge in [-0.25, -0.2) is 51.9 Å². The molecule has 0 spiro atoms. The molecule has 0 unspecified atom stereocenters. The number of carbonyl (C=O) groups is 2. The Labute approximate surface area is 415 Å². The highest BCUT2D eigenvalue weighted by Crippen LogP contribution is 2.39. The molecule has 2 aliphatic rings. The first kappa shape index (κ1) is 50.0. The quantitative estimate of drug-likeness (QED) is 0.0673. The van der Waals surface area contributed by atoms with E-state index in [9.17, 15) is 8.42 Å². The number of hydrogen-bond donors (Lipinski definition) is 1. The lowest BCUT2D eigenvalue weighted by atomic mass is 9.82. The van der Waals surface area contributed by atoms with Gasteiger partial charge in [0.25, 0.3) is 31.9 Å². The van der Waals surface area contributed by atoms with E-state index in [2.05, 4.69) is 19.9 Å². The van der Waals surface area contributed by atoms with Gasteiger partial charge < -0.3 is 18.9 Å². The van der Waals surface area contributed by atoms with Crippen molar-refractivity contribution < 1.29 is 45.4 Å². The van der Waals surface area contributed by atoms with Crippen molar-refractivity contribution >= 4 is 66.4 Å². The number of pyridine rings is 4. The Hall–Kier alpha value is -6.42. The third kappa shape index (κ3) is 10.4. The molecular formula is C48H48Cl2N8O10S2. The fraction of sp³-hybridized carbons (Fsp3) is 0.292. The average Bonchev–Trinajstić information content (AvgIpc) is 3.31. The van der Waals surface area contributed by atoms with Gasteiger partial charge in [0.1, 0.15) is 33.3 Å². The van der Waals surface area contributed by atoms with Gasteiger partial charge in [0, 0.05) is 84.1 Å². The van der Waals surface area contributed by atoms with Crippen molar-refractivity contribution in [3.05, 3.63) is 141 Å². The summed E-state index contributed by atoms with van der Waals surface area (Å²) in [6.07, 6.45) is 7.79. The van der Waals surface area contributed by atoms with E-state index in [0.29, 0.717) is 45.5 Å². The standard InChI is InChI=1S/C48H48Cl2N8O10S2/c1-65-35-13-11-31(41(25-35)67-3)27-56(28-32-12-14-36(66-2)26-42(32)68-4)70(63,64)44-24-34(20-22-53-44)58(48(60)38-16-18-40(55-46(38)50)30-9-6-10-30)57(33-19-21-52-43(23-33)69(51,61)62)47(59)37-15-17-39(54-45(37)49)29-7-5-8-29/h11-26,29-30H,5-10,27-28H2,1-4H3,(H2,51,61,62). The monoisotopic (exact) mass is 1030 g/mol. The van der Waals surface area contributed by atoms with E-state index in [-0.39, 0.29) is 57.7 Å². The van der Waals surface area contributed by atoms with Crippen molar-refractivity contribution in [1.82, 2.24) is 24.2 Å². The Morgan fingerprint density at radius 1 is 0.600 bits per heavy atom. The molecule has 22 heteroatoms. The first-order valence-electron chi connectivity index (χ1n) is 21.9. The van der Waals surface area contributed by atoms with E-state index in [4.69, 9.17) is 47.3 Å². The highest BCUT2D eigenvalue weighted by Gasteiger charge is 2.37. The number of nitrogens with zero attached hydrogens (tertiary/aromatic N) is 7. The Morgan fingerprint density at radius 3 is 1.40 bits per heavy atom. The number of aromatic nitrogens is 4. The number of halogens is 2. The zero-order chi connectivity index (χ0) is 49.9. The van der Waals surface area contributed by atoms with Crippen molar-refractivity contribution in [1.29, 1.82) is 0 Å². The zero-order valence-electron chi connectivity index (χ0n) is 38.4. The van der Waals surface area contributed by atoms with Gasteiger partial charge in [-0.1, -0.05) is 48.2 Å². The van der Waals surface area contributed by atoms with Crippen LogP contribution in [0.1, 0.15) is 93.6 Å². The molecule has 0 bridgehead atoms. The van der Waals surface area contributed by atoms with Gasteiger partial charge in [0.2, 0.25) is 0 Å². The molecular weight excluding hydrogens is 984 g/mol. The normalized spacial score (nSPS) is 14.1. The zero-order valence-corrected chi connectivity index (χ0v) is 41.6. The fourth-order valence-corrected chi connectivity index (χ4v) is 10.3. The van der Waals surface area contributed by atoms with E-state index < -0.39 is 41.9 Å². The SMILES string of the molecule is COc1ccc(CN(Cc2ccc(OC)cc2OC)S(=O)(=O)c2cc(N(C(=O)c3ccc(C4CCC4)nc3Cl)N(C(=O)c3ccc(C4CCC4)nc3Cl)c3ccnc(S(N)(=O)=O)c3)ccn2)c(OC)c1. The number of rotatable bonds is 17. The molecule has 70 heavy (non-hydrogen) atoms. The van der Waals surface area contributed by atoms with Crippen LogP contribution in [0.5, 0.6) is 23.0 Å². The summed E-state index contributed by atoms with van der Waals surface area (Å²) in [5.41, 5.74) is 1.40. The van der Waals surface area contributed by atoms with Crippen LogP contribution < -0.4 is 34.1 Å². The molecule has 2 fully saturated rings. The Kier molecular flexibility index (Phi) is 14.9. The van der Waals surface area contributed by atoms with Gasteiger partial charge in [-0.2, -0.15) is 4.31 Å². The van der Waals surface area contributed by atoms with Crippen LogP contribution in [-0.2, 0) is 33.1 Å². The largest absolute Gasteiger partial charge is 0.497 e. The van der Waals surface area contributed by atoms with Crippen LogP contribution >= 0.6 is 23.2 Å². The van der Waals surface area contributed by atoms with Crippen molar-refractivity contribution in [3.63, 3.8) is 0 Å². The number of ether oxygens (including phenoxy) is 4. The highest BCUT2D eigenvalue weighted by molar-refractivity contribution is 7.89. The molecule has 0 aliphatic heterocycles. The van der Waals surface area contributed by atoms with Crippen LogP contribution in [0.2, 0.25) is 10.3 Å². The smallest absolute Gasteiger partial charge is 0.280 e. The summed E-state index contributed by atoms with van der Waals surface area (Å²) in [6.45, 7) is -0.539. The molecule has 2 N–H and O–H groups in total. The molecule has 2 saturated carbocycles. The number of benzene rings is 2. The number of sulfonamides is 2. The summed E-state index contributed by atoms with van der Waals surface area (Å²) in [5, 5.41) is 5.60. The fourth-order valence-electron chi connectivity index (χ4n) is 8.01. The molecule has 0 atom stereocenters. The van der Waals surface area contributed by atoms with Gasteiger partial charge in [-0.15, -0.1) is 0 Å². The molecule has 0 radical (unpaired) electrons. The predicted octanol–water partition coefficient (Wildman–Crippen LogP) is 8.09. The second-order valence-corrected chi connectivity index (χ2v) is 20.6. The van der Waals surface area contributed by atoms with Crippen LogP contribution in [-0.4, -0.2) is 81.3 Å². The maximum atomic E-state index is 15.4. The molecule has 6 aromatic rings. The lowest BCUT2D eigenvalue weighted by Gasteiger charge is -2.35. The van der Waals surface area contributed by atoms with Crippen LogP contribution in [0.25, 0.3) is 0 Å². The summed E-state index contributed by atoms with van der Waals surface area (Å²) in [7, 11) is -3.36. The van der Waals surface area contributed by atoms with Gasteiger partial charge >= 0.3 is 0 Å². The molecule has 2 aromatic carbocycles. The number of nitrogens with two attached hydrogens (primary N) is 1. The van der Waals surface area contributed by atoms with E-state index in [1.54, 1.807) is 48.5 Å². The first-order valence-corrected chi connectivity index (χ1v) is 25.7. The molecule has 0 saturated heterocycles. The van der Waals surface area contributed by atoms with E-state index >= 15 is 18.0 Å². The summed E-state index contributed by atoms with van der Waals surface area (Å²) in [6, 6.07) is 20.8. The number of anilines is 2. The minimum atomic E-state index is -4.72. The molecule has 2 aliphatic carbocycles. The number of hydrogen-bond acceptors (Lipinski definition) is 14. The van der Waals surface area contributed by atoms with Crippen LogP contribution in [0, 0.1) is 0 Å². The molecule has 8 rings (SSSR count).